The summed E-state index contributed by atoms with van der Waals surface area (Å²) >= 11 is 0. The molecule has 0 aromatic carbocycles. The summed E-state index contributed by atoms with van der Waals surface area (Å²) in [5, 5.41) is 17.1. The molecule has 0 radical (unpaired) electrons. The van der Waals surface area contributed by atoms with Crippen LogP contribution < -0.4 is 0 Å². The molecule has 1 unspecified atom stereocenters. The van der Waals surface area contributed by atoms with Gasteiger partial charge in [-0.25, -0.2) is 0 Å². The number of aliphatic hydroxyl groups is 1. The van der Waals surface area contributed by atoms with Crippen molar-refractivity contribution >= 4 is 5.91 Å². The lowest BCUT2D eigenvalue weighted by Crippen LogP contribution is -2.41. The van der Waals surface area contributed by atoms with E-state index in [0.29, 0.717) is 17.8 Å². The zero-order valence-electron chi connectivity index (χ0n) is 10.9. The molecule has 1 saturated heterocycles. The van der Waals surface area contributed by atoms with E-state index in [1.165, 1.54) is 0 Å². The molecule has 1 aromatic heterocycles. The average molecular weight is 249 g/mol. The van der Waals surface area contributed by atoms with Gasteiger partial charge in [0, 0.05) is 19.7 Å². The topological polar surface area (TPSA) is 66.3 Å². The highest BCUT2D eigenvalue weighted by Crippen LogP contribution is 2.19. The van der Waals surface area contributed by atoms with Crippen molar-refractivity contribution in [3.63, 3.8) is 0 Å². The molecule has 0 spiro atoms. The van der Waals surface area contributed by atoms with Crippen molar-refractivity contribution in [1.29, 1.82) is 0 Å². The molecule has 1 aliphatic rings. The van der Waals surface area contributed by atoms with Crippen molar-refractivity contribution in [3.8, 4) is 0 Å². The van der Waals surface area contributed by atoms with Gasteiger partial charge in [-0.1, -0.05) is 0 Å². The van der Waals surface area contributed by atoms with E-state index in [1.54, 1.807) is 13.0 Å². The van der Waals surface area contributed by atoms with Gasteiger partial charge in [-0.3, -0.25) is 4.79 Å². The molecule has 1 amide bonds. The summed E-state index contributed by atoms with van der Waals surface area (Å²) in [4.78, 5) is 14.2. The summed E-state index contributed by atoms with van der Waals surface area (Å²) in [6.07, 6.45) is 1.94. The zero-order chi connectivity index (χ0) is 13.1. The van der Waals surface area contributed by atoms with Gasteiger partial charge >= 0.3 is 0 Å². The molecule has 5 heteroatoms. The molecule has 0 aliphatic carbocycles. The van der Waals surface area contributed by atoms with Crippen LogP contribution in [0.2, 0.25) is 0 Å². The first-order valence-corrected chi connectivity index (χ1v) is 6.33. The fourth-order valence-corrected chi connectivity index (χ4v) is 2.34. The lowest BCUT2D eigenvalue weighted by Gasteiger charge is -2.32. The Hall–Kier alpha value is -1.49. The lowest BCUT2D eigenvalue weighted by atomic mass is 9.98. The van der Waals surface area contributed by atoms with E-state index in [-0.39, 0.29) is 18.4 Å². The zero-order valence-corrected chi connectivity index (χ0v) is 10.9. The van der Waals surface area contributed by atoms with E-state index >= 15 is 0 Å². The van der Waals surface area contributed by atoms with Gasteiger partial charge in [-0.05, 0) is 38.7 Å². The Morgan fingerprint density at radius 1 is 1.50 bits per heavy atom. The van der Waals surface area contributed by atoms with E-state index < -0.39 is 0 Å². The molecule has 2 rings (SSSR count). The highest BCUT2D eigenvalue weighted by atomic mass is 16.3. The van der Waals surface area contributed by atoms with Crippen LogP contribution in [0.25, 0.3) is 0 Å². The Balaban J connectivity index is 2.17. The normalized spacial score (nSPS) is 19.9. The Kier molecular flexibility index (Phi) is 3.91. The Morgan fingerprint density at radius 3 is 3.00 bits per heavy atom. The standard InChI is InChI=1S/C13H19N3O2/c1-9-6-12(10(2)15-14-9)13(18)16-5-3-4-11(7-16)8-17/h6,11,17H,3-5,7-8H2,1-2H3. The van der Waals surface area contributed by atoms with Gasteiger partial charge in [-0.2, -0.15) is 10.2 Å². The largest absolute Gasteiger partial charge is 0.396 e. The monoisotopic (exact) mass is 249 g/mol. The van der Waals surface area contributed by atoms with Crippen LogP contribution in [0.4, 0.5) is 0 Å². The van der Waals surface area contributed by atoms with E-state index in [2.05, 4.69) is 10.2 Å². The lowest BCUT2D eigenvalue weighted by molar-refractivity contribution is 0.0619. The van der Waals surface area contributed by atoms with Crippen molar-refractivity contribution in [2.75, 3.05) is 19.7 Å². The van der Waals surface area contributed by atoms with Crippen molar-refractivity contribution in [2.45, 2.75) is 26.7 Å². The number of aliphatic hydroxyl groups excluding tert-OH is 1. The molecule has 2 heterocycles. The van der Waals surface area contributed by atoms with Crippen LogP contribution in [0.15, 0.2) is 6.07 Å². The third-order valence-electron chi connectivity index (χ3n) is 3.40. The third-order valence-corrected chi connectivity index (χ3v) is 3.40. The number of aryl methyl sites for hydroxylation is 2. The first kappa shape index (κ1) is 13.0. The van der Waals surface area contributed by atoms with Crippen LogP contribution in [0.1, 0.15) is 34.6 Å². The number of nitrogens with zero attached hydrogens (tertiary/aromatic N) is 3. The molecule has 0 bridgehead atoms. The first-order valence-electron chi connectivity index (χ1n) is 6.33. The molecule has 1 aromatic rings. The van der Waals surface area contributed by atoms with Crippen molar-refractivity contribution in [2.24, 2.45) is 5.92 Å². The summed E-state index contributed by atoms with van der Waals surface area (Å²) in [6, 6.07) is 1.78. The fraction of sp³-hybridized carbons (Fsp3) is 0.615. The van der Waals surface area contributed by atoms with Gasteiger partial charge in [0.1, 0.15) is 0 Å². The minimum atomic E-state index is 0.00338. The Bertz CT molecular complexity index is 448. The van der Waals surface area contributed by atoms with Crippen LogP contribution in [0.5, 0.6) is 0 Å². The van der Waals surface area contributed by atoms with E-state index in [0.717, 1.165) is 25.1 Å². The van der Waals surface area contributed by atoms with Crippen LogP contribution in [0.3, 0.4) is 0 Å². The molecule has 0 saturated carbocycles. The number of carbonyl (C=O) groups excluding carboxylic acids is 1. The second-order valence-corrected chi connectivity index (χ2v) is 4.93. The summed E-state index contributed by atoms with van der Waals surface area (Å²) in [6.45, 7) is 5.17. The summed E-state index contributed by atoms with van der Waals surface area (Å²) in [5.74, 6) is 0.211. The van der Waals surface area contributed by atoms with Crippen molar-refractivity contribution in [1.82, 2.24) is 15.1 Å². The van der Waals surface area contributed by atoms with E-state index in [1.807, 2.05) is 11.8 Å². The van der Waals surface area contributed by atoms with Crippen LogP contribution >= 0.6 is 0 Å². The first-order chi connectivity index (χ1) is 8.61. The van der Waals surface area contributed by atoms with Gasteiger partial charge < -0.3 is 10.0 Å². The maximum absolute atomic E-state index is 12.4. The van der Waals surface area contributed by atoms with Gasteiger partial charge in [0.25, 0.3) is 5.91 Å². The van der Waals surface area contributed by atoms with Crippen LogP contribution in [-0.2, 0) is 0 Å². The Morgan fingerprint density at radius 2 is 2.28 bits per heavy atom. The molecule has 18 heavy (non-hydrogen) atoms. The summed E-state index contributed by atoms with van der Waals surface area (Å²) in [5.41, 5.74) is 2.04. The number of amides is 1. The molecule has 1 aliphatic heterocycles. The summed E-state index contributed by atoms with van der Waals surface area (Å²) < 4.78 is 0. The van der Waals surface area contributed by atoms with E-state index in [4.69, 9.17) is 0 Å². The maximum Gasteiger partial charge on any atom is 0.255 e. The second kappa shape index (κ2) is 5.44. The minimum absolute atomic E-state index is 0.00338. The third kappa shape index (κ3) is 2.67. The number of carbonyl (C=O) groups is 1. The molecule has 1 N–H and O–H groups in total. The number of hydrogen-bond acceptors (Lipinski definition) is 4. The quantitative estimate of drug-likeness (QED) is 0.847. The Labute approximate surface area is 107 Å². The number of likely N-dealkylation sites (tertiary alicyclic amines) is 1. The number of aromatic nitrogens is 2. The summed E-state index contributed by atoms with van der Waals surface area (Å²) in [7, 11) is 0. The van der Waals surface area contributed by atoms with Gasteiger partial charge in [0.2, 0.25) is 0 Å². The maximum atomic E-state index is 12.4. The molecule has 1 atom stereocenters. The fourth-order valence-electron chi connectivity index (χ4n) is 2.34. The van der Waals surface area contributed by atoms with Gasteiger partial charge in [-0.15, -0.1) is 0 Å². The average Bonchev–Trinajstić information content (AvgIpc) is 2.41. The molecule has 5 nitrogen and oxygen atoms in total. The SMILES string of the molecule is Cc1cc(C(=O)N2CCCC(CO)C2)c(C)nn1. The van der Waals surface area contributed by atoms with Gasteiger partial charge in [0.05, 0.1) is 17.0 Å². The van der Waals surface area contributed by atoms with Crippen LogP contribution in [0, 0.1) is 19.8 Å². The highest BCUT2D eigenvalue weighted by molar-refractivity contribution is 5.95. The predicted octanol–water partition coefficient (Wildman–Crippen LogP) is 0.938. The van der Waals surface area contributed by atoms with Crippen molar-refractivity contribution in [3.05, 3.63) is 23.0 Å². The highest BCUT2D eigenvalue weighted by Gasteiger charge is 2.25. The van der Waals surface area contributed by atoms with E-state index in [9.17, 15) is 9.90 Å². The molecule has 98 valence electrons. The predicted molar refractivity (Wildman–Crippen MR) is 67.2 cm³/mol. The van der Waals surface area contributed by atoms with Gasteiger partial charge in [0.15, 0.2) is 0 Å². The number of hydrogen-bond donors (Lipinski definition) is 1. The number of rotatable bonds is 2. The minimum Gasteiger partial charge on any atom is -0.396 e. The number of piperidine rings is 1. The van der Waals surface area contributed by atoms with Crippen molar-refractivity contribution < 1.29 is 9.90 Å². The molecule has 1 fully saturated rings. The smallest absolute Gasteiger partial charge is 0.255 e. The van der Waals surface area contributed by atoms with Crippen LogP contribution in [-0.4, -0.2) is 45.8 Å². The molecular weight excluding hydrogens is 230 g/mol. The second-order valence-electron chi connectivity index (χ2n) is 4.93. The molecular formula is C13H19N3O2.